The van der Waals surface area contributed by atoms with Gasteiger partial charge in [0.15, 0.2) is 0 Å². The van der Waals surface area contributed by atoms with Gasteiger partial charge in [-0.2, -0.15) is 13.2 Å². The summed E-state index contributed by atoms with van der Waals surface area (Å²) in [5, 5.41) is 3.58. The van der Waals surface area contributed by atoms with Gasteiger partial charge >= 0.3 is 6.18 Å². The molecular weight excluding hydrogens is 279 g/mol. The Morgan fingerprint density at radius 3 is 2.24 bits per heavy atom. The molecule has 1 aliphatic heterocycles. The van der Waals surface area contributed by atoms with Gasteiger partial charge in [-0.15, -0.1) is 0 Å². The van der Waals surface area contributed by atoms with Crippen LogP contribution in [0.5, 0.6) is 0 Å². The van der Waals surface area contributed by atoms with E-state index < -0.39 is 11.7 Å². The van der Waals surface area contributed by atoms with E-state index in [0.717, 1.165) is 30.5 Å². The van der Waals surface area contributed by atoms with Crippen LogP contribution in [0.4, 0.5) is 13.2 Å². The molecule has 1 N–H and O–H groups in total. The maximum absolute atomic E-state index is 12.6. The highest BCUT2D eigenvalue weighted by Gasteiger charge is 2.37. The standard InChI is InChI=1S/C16H20F3NO/c17-16(18,19)13-6-4-12(5-7-13)14-10-20-15(11-21-14)8-2-1-3-9-15/h4-7,14,20H,1-3,8-11H2. The number of morpholine rings is 1. The number of benzene rings is 1. The van der Waals surface area contributed by atoms with Gasteiger partial charge in [-0.1, -0.05) is 31.4 Å². The van der Waals surface area contributed by atoms with Crippen molar-refractivity contribution >= 4 is 0 Å². The summed E-state index contributed by atoms with van der Waals surface area (Å²) in [6, 6.07) is 5.30. The molecule has 1 atom stereocenters. The molecule has 1 saturated heterocycles. The third-order valence-corrected chi connectivity index (χ3v) is 4.64. The highest BCUT2D eigenvalue weighted by molar-refractivity contribution is 5.26. The zero-order valence-electron chi connectivity index (χ0n) is 11.9. The summed E-state index contributed by atoms with van der Waals surface area (Å²) in [5.74, 6) is 0. The summed E-state index contributed by atoms with van der Waals surface area (Å²) in [6.07, 6.45) is 1.56. The van der Waals surface area contributed by atoms with Crippen molar-refractivity contribution in [1.29, 1.82) is 0 Å². The molecule has 3 rings (SSSR count). The molecule has 1 aromatic carbocycles. The molecule has 116 valence electrons. The molecule has 1 aromatic rings. The fourth-order valence-corrected chi connectivity index (χ4v) is 3.33. The lowest BCUT2D eigenvalue weighted by Crippen LogP contribution is -2.55. The number of hydrogen-bond donors (Lipinski definition) is 1. The van der Waals surface area contributed by atoms with Crippen molar-refractivity contribution < 1.29 is 17.9 Å². The molecule has 1 saturated carbocycles. The smallest absolute Gasteiger partial charge is 0.370 e. The van der Waals surface area contributed by atoms with Crippen molar-refractivity contribution in [3.05, 3.63) is 35.4 Å². The maximum atomic E-state index is 12.6. The molecule has 1 unspecified atom stereocenters. The third-order valence-electron chi connectivity index (χ3n) is 4.64. The van der Waals surface area contributed by atoms with Gasteiger partial charge in [0.1, 0.15) is 0 Å². The number of alkyl halides is 3. The fourth-order valence-electron chi connectivity index (χ4n) is 3.33. The Balaban J connectivity index is 1.64. The first-order valence-corrected chi connectivity index (χ1v) is 7.52. The average Bonchev–Trinajstić information content (AvgIpc) is 2.48. The van der Waals surface area contributed by atoms with Crippen LogP contribution in [0.2, 0.25) is 0 Å². The minimum atomic E-state index is -4.28. The minimum Gasteiger partial charge on any atom is -0.370 e. The number of nitrogens with one attached hydrogen (secondary N) is 1. The molecule has 2 aliphatic rings. The van der Waals surface area contributed by atoms with Crippen LogP contribution in [0.15, 0.2) is 24.3 Å². The van der Waals surface area contributed by atoms with Crippen LogP contribution < -0.4 is 5.32 Å². The molecule has 2 fully saturated rings. The molecule has 2 nitrogen and oxygen atoms in total. The van der Waals surface area contributed by atoms with Crippen molar-refractivity contribution in [3.63, 3.8) is 0 Å². The number of rotatable bonds is 1. The van der Waals surface area contributed by atoms with Gasteiger partial charge in [-0.05, 0) is 30.5 Å². The molecule has 1 heterocycles. The van der Waals surface area contributed by atoms with E-state index in [9.17, 15) is 13.2 Å². The highest BCUT2D eigenvalue weighted by Crippen LogP contribution is 2.35. The molecule has 1 aliphatic carbocycles. The van der Waals surface area contributed by atoms with Crippen molar-refractivity contribution in [3.8, 4) is 0 Å². The molecule has 0 radical (unpaired) electrons. The van der Waals surface area contributed by atoms with Crippen LogP contribution in [0.1, 0.15) is 49.3 Å². The molecule has 0 bridgehead atoms. The van der Waals surface area contributed by atoms with Crippen LogP contribution in [0, 0.1) is 0 Å². The van der Waals surface area contributed by atoms with E-state index in [2.05, 4.69) is 5.32 Å². The van der Waals surface area contributed by atoms with Crippen LogP contribution in [0.25, 0.3) is 0 Å². The first-order chi connectivity index (χ1) is 9.99. The van der Waals surface area contributed by atoms with Crippen LogP contribution in [-0.4, -0.2) is 18.7 Å². The second-order valence-corrected chi connectivity index (χ2v) is 6.14. The lowest BCUT2D eigenvalue weighted by atomic mass is 9.81. The summed E-state index contributed by atoms with van der Waals surface area (Å²) >= 11 is 0. The fraction of sp³-hybridized carbons (Fsp3) is 0.625. The van der Waals surface area contributed by atoms with Gasteiger partial charge in [0.25, 0.3) is 0 Å². The lowest BCUT2D eigenvalue weighted by Gasteiger charge is -2.43. The van der Waals surface area contributed by atoms with Crippen molar-refractivity contribution in [2.24, 2.45) is 0 Å². The number of ether oxygens (including phenoxy) is 1. The zero-order valence-corrected chi connectivity index (χ0v) is 11.9. The topological polar surface area (TPSA) is 21.3 Å². The Morgan fingerprint density at radius 2 is 1.71 bits per heavy atom. The van der Waals surface area contributed by atoms with Crippen molar-refractivity contribution in [1.82, 2.24) is 5.32 Å². The summed E-state index contributed by atoms with van der Waals surface area (Å²) in [6.45, 7) is 1.32. The first kappa shape index (κ1) is 14.9. The predicted molar refractivity (Wildman–Crippen MR) is 74.0 cm³/mol. The molecule has 5 heteroatoms. The first-order valence-electron chi connectivity index (χ1n) is 7.52. The van der Waals surface area contributed by atoms with Gasteiger partial charge in [0.05, 0.1) is 18.3 Å². The predicted octanol–water partition coefficient (Wildman–Crippen LogP) is 4.07. The van der Waals surface area contributed by atoms with E-state index in [1.807, 2.05) is 0 Å². The molecule has 1 spiro atoms. The van der Waals surface area contributed by atoms with Crippen LogP contribution >= 0.6 is 0 Å². The van der Waals surface area contributed by atoms with E-state index in [1.165, 1.54) is 31.4 Å². The Hall–Kier alpha value is -1.07. The van der Waals surface area contributed by atoms with E-state index >= 15 is 0 Å². The Labute approximate surface area is 122 Å². The van der Waals surface area contributed by atoms with Crippen LogP contribution in [0.3, 0.4) is 0 Å². The van der Waals surface area contributed by atoms with Gasteiger partial charge in [0, 0.05) is 12.1 Å². The SMILES string of the molecule is FC(F)(F)c1ccc(C2CNC3(CCCCC3)CO2)cc1. The average molecular weight is 299 g/mol. The Bertz CT molecular complexity index is 467. The quantitative estimate of drug-likeness (QED) is 0.844. The van der Waals surface area contributed by atoms with E-state index in [-0.39, 0.29) is 11.6 Å². The maximum Gasteiger partial charge on any atom is 0.416 e. The number of halogens is 3. The van der Waals surface area contributed by atoms with E-state index in [0.29, 0.717) is 13.2 Å². The second kappa shape index (κ2) is 5.61. The van der Waals surface area contributed by atoms with Gasteiger partial charge in [-0.25, -0.2) is 0 Å². The summed E-state index contributed by atoms with van der Waals surface area (Å²) in [5.41, 5.74) is 0.292. The lowest BCUT2D eigenvalue weighted by molar-refractivity contribution is -0.137. The summed E-state index contributed by atoms with van der Waals surface area (Å²) < 4.78 is 43.6. The number of hydrogen-bond acceptors (Lipinski definition) is 2. The molecule has 0 amide bonds. The van der Waals surface area contributed by atoms with Crippen LogP contribution in [-0.2, 0) is 10.9 Å². The van der Waals surface area contributed by atoms with Gasteiger partial charge in [0.2, 0.25) is 0 Å². The van der Waals surface area contributed by atoms with Gasteiger partial charge in [-0.3, -0.25) is 0 Å². The third kappa shape index (κ3) is 3.24. The summed E-state index contributed by atoms with van der Waals surface area (Å²) in [7, 11) is 0. The molecule has 21 heavy (non-hydrogen) atoms. The molecular formula is C16H20F3NO. The second-order valence-electron chi connectivity index (χ2n) is 6.14. The summed E-state index contributed by atoms with van der Waals surface area (Å²) in [4.78, 5) is 0. The Morgan fingerprint density at radius 1 is 1.05 bits per heavy atom. The van der Waals surface area contributed by atoms with E-state index in [1.54, 1.807) is 0 Å². The van der Waals surface area contributed by atoms with Gasteiger partial charge < -0.3 is 10.1 Å². The minimum absolute atomic E-state index is 0.0979. The Kier molecular flexibility index (Phi) is 3.97. The largest absolute Gasteiger partial charge is 0.416 e. The van der Waals surface area contributed by atoms with Crippen molar-refractivity contribution in [2.75, 3.05) is 13.2 Å². The zero-order chi connectivity index (χ0) is 14.9. The normalized spacial score (nSPS) is 26.0. The monoisotopic (exact) mass is 299 g/mol. The van der Waals surface area contributed by atoms with Crippen molar-refractivity contribution in [2.45, 2.75) is 49.9 Å². The molecule has 0 aromatic heterocycles. The highest BCUT2D eigenvalue weighted by atomic mass is 19.4. The van der Waals surface area contributed by atoms with E-state index in [4.69, 9.17) is 4.74 Å².